The number of aromatic nitrogens is 2. The fourth-order valence-corrected chi connectivity index (χ4v) is 3.74. The zero-order valence-electron chi connectivity index (χ0n) is 17.2. The Morgan fingerprint density at radius 3 is 2.67 bits per heavy atom. The first-order valence-corrected chi connectivity index (χ1v) is 10.3. The molecule has 0 unspecified atom stereocenters. The number of nitrogens with one attached hydrogen (secondary N) is 1. The molecule has 0 aliphatic rings. The van der Waals surface area contributed by atoms with Crippen LogP contribution in [0.25, 0.3) is 22.2 Å². The van der Waals surface area contributed by atoms with Gasteiger partial charge in [-0.2, -0.15) is 0 Å². The molecular weight excluding hydrogens is 374 g/mol. The van der Waals surface area contributed by atoms with Gasteiger partial charge in [-0.3, -0.25) is 0 Å². The van der Waals surface area contributed by atoms with E-state index in [-0.39, 0.29) is 0 Å². The fraction of sp³-hybridized carbons (Fsp3) is 0.240. The number of unbranched alkanes of at least 4 members (excludes halogenated alkanes) is 1. The van der Waals surface area contributed by atoms with Gasteiger partial charge in [-0.15, -0.1) is 0 Å². The standard InChI is InChI=1S/C25H27N3O2/c1-29-25-21(11-7-15-27-25)24-20(10-5-6-14-26)22-16-19(12-13-23(22)28-24)30-17-18-8-3-2-4-9-18/h2-4,7-9,11-13,15-16,28H,5-6,10,14,17,26H2,1H3. The van der Waals surface area contributed by atoms with Crippen LogP contribution in [0.15, 0.2) is 66.9 Å². The molecule has 0 aliphatic heterocycles. The van der Waals surface area contributed by atoms with Gasteiger partial charge in [0.05, 0.1) is 18.4 Å². The van der Waals surface area contributed by atoms with Crippen molar-refractivity contribution >= 4 is 10.9 Å². The monoisotopic (exact) mass is 401 g/mol. The molecule has 0 atom stereocenters. The second-order valence-corrected chi connectivity index (χ2v) is 7.27. The Labute approximate surface area is 176 Å². The average Bonchev–Trinajstić information content (AvgIpc) is 3.16. The number of aromatic amines is 1. The highest BCUT2D eigenvalue weighted by molar-refractivity contribution is 5.92. The van der Waals surface area contributed by atoms with Crippen LogP contribution in [-0.4, -0.2) is 23.6 Å². The Balaban J connectivity index is 1.71. The number of methoxy groups -OCH3 is 1. The molecule has 0 amide bonds. The summed E-state index contributed by atoms with van der Waals surface area (Å²) in [6.45, 7) is 1.24. The molecule has 0 saturated carbocycles. The van der Waals surface area contributed by atoms with Crippen molar-refractivity contribution < 1.29 is 9.47 Å². The lowest BCUT2D eigenvalue weighted by Crippen LogP contribution is -2.00. The molecule has 2 aromatic heterocycles. The Morgan fingerprint density at radius 1 is 1.00 bits per heavy atom. The summed E-state index contributed by atoms with van der Waals surface area (Å²) in [7, 11) is 1.65. The third-order valence-electron chi connectivity index (χ3n) is 5.24. The van der Waals surface area contributed by atoms with E-state index >= 15 is 0 Å². The summed E-state index contributed by atoms with van der Waals surface area (Å²) in [6, 6.07) is 20.4. The van der Waals surface area contributed by atoms with E-state index in [1.165, 1.54) is 10.9 Å². The third kappa shape index (κ3) is 4.31. The SMILES string of the molecule is COc1ncccc1-c1[nH]c2ccc(OCc3ccccc3)cc2c1CCCCN. The van der Waals surface area contributed by atoms with Crippen molar-refractivity contribution in [1.29, 1.82) is 0 Å². The molecule has 154 valence electrons. The van der Waals surface area contributed by atoms with E-state index in [0.717, 1.165) is 47.3 Å². The molecule has 4 rings (SSSR count). The van der Waals surface area contributed by atoms with Crippen LogP contribution in [0.3, 0.4) is 0 Å². The van der Waals surface area contributed by atoms with Crippen LogP contribution in [0.4, 0.5) is 0 Å². The van der Waals surface area contributed by atoms with Gasteiger partial charge in [0.1, 0.15) is 12.4 Å². The summed E-state index contributed by atoms with van der Waals surface area (Å²) in [5.41, 5.74) is 11.2. The first-order valence-electron chi connectivity index (χ1n) is 10.3. The van der Waals surface area contributed by atoms with Crippen molar-refractivity contribution in [2.45, 2.75) is 25.9 Å². The number of hydrogen-bond acceptors (Lipinski definition) is 4. The minimum Gasteiger partial charge on any atom is -0.489 e. The van der Waals surface area contributed by atoms with E-state index in [1.807, 2.05) is 36.4 Å². The molecule has 0 radical (unpaired) electrons. The van der Waals surface area contributed by atoms with Crippen LogP contribution in [0, 0.1) is 0 Å². The van der Waals surface area contributed by atoms with Gasteiger partial charge in [-0.25, -0.2) is 4.98 Å². The molecule has 0 fully saturated rings. The Morgan fingerprint density at radius 2 is 1.87 bits per heavy atom. The quantitative estimate of drug-likeness (QED) is 0.383. The predicted octanol–water partition coefficient (Wildman–Crippen LogP) is 5.10. The smallest absolute Gasteiger partial charge is 0.222 e. The fourth-order valence-electron chi connectivity index (χ4n) is 3.74. The minimum atomic E-state index is 0.544. The van der Waals surface area contributed by atoms with Gasteiger partial charge in [-0.05, 0) is 67.3 Å². The lowest BCUT2D eigenvalue weighted by atomic mass is 10.0. The Kier molecular flexibility index (Phi) is 6.30. The van der Waals surface area contributed by atoms with Crippen LogP contribution >= 0.6 is 0 Å². The first-order chi connectivity index (χ1) is 14.8. The maximum absolute atomic E-state index is 6.07. The van der Waals surface area contributed by atoms with Gasteiger partial charge >= 0.3 is 0 Å². The number of hydrogen-bond donors (Lipinski definition) is 2. The molecule has 5 nitrogen and oxygen atoms in total. The summed E-state index contributed by atoms with van der Waals surface area (Å²) >= 11 is 0. The molecule has 0 bridgehead atoms. The normalized spacial score (nSPS) is 11.0. The van der Waals surface area contributed by atoms with Crippen molar-refractivity contribution in [3.8, 4) is 22.9 Å². The zero-order valence-corrected chi connectivity index (χ0v) is 17.2. The lowest BCUT2D eigenvalue weighted by molar-refractivity contribution is 0.306. The first kappa shape index (κ1) is 20.0. The number of benzene rings is 2. The van der Waals surface area contributed by atoms with Crippen molar-refractivity contribution in [3.05, 3.63) is 78.0 Å². The number of fused-ring (bicyclic) bond motifs is 1. The highest BCUT2D eigenvalue weighted by Gasteiger charge is 2.17. The van der Waals surface area contributed by atoms with Gasteiger partial charge in [0.25, 0.3) is 0 Å². The Bertz CT molecular complexity index is 1110. The zero-order chi connectivity index (χ0) is 20.8. The van der Waals surface area contributed by atoms with E-state index < -0.39 is 0 Å². The molecule has 2 heterocycles. The number of aryl methyl sites for hydroxylation is 1. The Hall–Kier alpha value is -3.31. The third-order valence-corrected chi connectivity index (χ3v) is 5.24. The molecule has 0 spiro atoms. The second-order valence-electron chi connectivity index (χ2n) is 7.27. The van der Waals surface area contributed by atoms with E-state index in [0.29, 0.717) is 19.0 Å². The molecule has 2 aromatic carbocycles. The van der Waals surface area contributed by atoms with Gasteiger partial charge < -0.3 is 20.2 Å². The summed E-state index contributed by atoms with van der Waals surface area (Å²) in [4.78, 5) is 7.95. The topological polar surface area (TPSA) is 73.2 Å². The van der Waals surface area contributed by atoms with Crippen LogP contribution in [0.5, 0.6) is 11.6 Å². The largest absolute Gasteiger partial charge is 0.489 e. The number of nitrogens with zero attached hydrogens (tertiary/aromatic N) is 1. The van der Waals surface area contributed by atoms with Gasteiger partial charge in [0, 0.05) is 17.1 Å². The molecule has 30 heavy (non-hydrogen) atoms. The van der Waals surface area contributed by atoms with Gasteiger partial charge in [0.2, 0.25) is 5.88 Å². The average molecular weight is 402 g/mol. The molecular formula is C25H27N3O2. The molecule has 0 saturated heterocycles. The molecule has 4 aromatic rings. The maximum Gasteiger partial charge on any atom is 0.222 e. The van der Waals surface area contributed by atoms with E-state index in [4.69, 9.17) is 15.2 Å². The van der Waals surface area contributed by atoms with Crippen molar-refractivity contribution in [1.82, 2.24) is 9.97 Å². The number of rotatable bonds is 9. The second kappa shape index (κ2) is 9.46. The van der Waals surface area contributed by atoms with Crippen molar-refractivity contribution in [2.75, 3.05) is 13.7 Å². The summed E-state index contributed by atoms with van der Waals surface area (Å²) in [6.07, 6.45) is 4.68. The van der Waals surface area contributed by atoms with Crippen LogP contribution in [0.2, 0.25) is 0 Å². The number of ether oxygens (including phenoxy) is 2. The lowest BCUT2D eigenvalue weighted by Gasteiger charge is -2.09. The van der Waals surface area contributed by atoms with Crippen LogP contribution in [-0.2, 0) is 13.0 Å². The van der Waals surface area contributed by atoms with Gasteiger partial charge in [0.15, 0.2) is 0 Å². The number of pyridine rings is 1. The molecule has 0 aliphatic carbocycles. The summed E-state index contributed by atoms with van der Waals surface area (Å²) < 4.78 is 11.6. The maximum atomic E-state index is 6.07. The molecule has 3 N–H and O–H groups in total. The van der Waals surface area contributed by atoms with Gasteiger partial charge in [-0.1, -0.05) is 30.3 Å². The van der Waals surface area contributed by atoms with Crippen molar-refractivity contribution in [3.63, 3.8) is 0 Å². The predicted molar refractivity (Wildman–Crippen MR) is 121 cm³/mol. The van der Waals surface area contributed by atoms with Crippen molar-refractivity contribution in [2.24, 2.45) is 5.73 Å². The minimum absolute atomic E-state index is 0.544. The molecule has 5 heteroatoms. The van der Waals surface area contributed by atoms with Crippen LogP contribution < -0.4 is 15.2 Å². The summed E-state index contributed by atoms with van der Waals surface area (Å²) in [5, 5.41) is 1.17. The number of H-pyrrole nitrogens is 1. The summed E-state index contributed by atoms with van der Waals surface area (Å²) in [5.74, 6) is 1.47. The van der Waals surface area contributed by atoms with E-state index in [9.17, 15) is 0 Å². The van der Waals surface area contributed by atoms with E-state index in [2.05, 4.69) is 34.2 Å². The van der Waals surface area contributed by atoms with E-state index in [1.54, 1.807) is 13.3 Å². The highest BCUT2D eigenvalue weighted by atomic mass is 16.5. The highest BCUT2D eigenvalue weighted by Crippen LogP contribution is 2.36. The number of nitrogens with two attached hydrogens (primary N) is 1. The van der Waals surface area contributed by atoms with Crippen LogP contribution in [0.1, 0.15) is 24.0 Å².